The number of aromatic amines is 1. The average molecular weight is 475 g/mol. The number of fused-ring (bicyclic) bond motifs is 1. The second kappa shape index (κ2) is 8.71. The predicted octanol–water partition coefficient (Wildman–Crippen LogP) is 5.18. The van der Waals surface area contributed by atoms with Crippen LogP contribution in [-0.2, 0) is 0 Å². The Bertz CT molecular complexity index is 1470. The molecule has 0 aliphatic carbocycles. The number of hydrogen-bond donors (Lipinski definition) is 3. The summed E-state index contributed by atoms with van der Waals surface area (Å²) >= 11 is 1.34. The lowest BCUT2D eigenvalue weighted by atomic mass is 10.2. The Morgan fingerprint density at radius 1 is 1.12 bits per heavy atom. The molecule has 0 bridgehead atoms. The van der Waals surface area contributed by atoms with E-state index in [4.69, 9.17) is 14.9 Å². The van der Waals surface area contributed by atoms with E-state index < -0.39 is 11.9 Å². The third-order valence-electron chi connectivity index (χ3n) is 4.78. The number of aryl methyl sites for hydroxylation is 1. The fourth-order valence-corrected chi connectivity index (χ4v) is 4.09. The van der Waals surface area contributed by atoms with Gasteiger partial charge in [-0.2, -0.15) is 0 Å². The van der Waals surface area contributed by atoms with Gasteiger partial charge in [0.2, 0.25) is 5.95 Å². The van der Waals surface area contributed by atoms with E-state index in [9.17, 15) is 9.59 Å². The van der Waals surface area contributed by atoms with Crippen LogP contribution < -0.4 is 20.7 Å². The first-order chi connectivity index (χ1) is 16.5. The minimum Gasteiger partial charge on any atom is -0.459 e. The fourth-order valence-electron chi connectivity index (χ4n) is 3.26. The first-order valence-electron chi connectivity index (χ1n) is 10.1. The summed E-state index contributed by atoms with van der Waals surface area (Å²) in [6.07, 6.45) is 1.43. The third-order valence-corrected chi connectivity index (χ3v) is 5.72. The summed E-state index contributed by atoms with van der Waals surface area (Å²) in [6, 6.07) is 14.8. The number of nitrogens with zero attached hydrogens (tertiary/aromatic N) is 3. The summed E-state index contributed by atoms with van der Waals surface area (Å²) < 4.78 is 11.0. The predicted molar refractivity (Wildman–Crippen MR) is 128 cm³/mol. The van der Waals surface area contributed by atoms with Gasteiger partial charge < -0.3 is 19.9 Å². The molecule has 0 saturated carbocycles. The lowest BCUT2D eigenvalue weighted by molar-refractivity contribution is 0.0996. The molecule has 0 fully saturated rings. The second-order valence-electron chi connectivity index (χ2n) is 7.24. The van der Waals surface area contributed by atoms with Crippen molar-refractivity contribution in [2.75, 3.05) is 10.2 Å². The molecule has 3 aromatic heterocycles. The van der Waals surface area contributed by atoms with Gasteiger partial charge in [0.1, 0.15) is 11.5 Å². The Labute approximate surface area is 197 Å². The first-order valence-corrected chi connectivity index (χ1v) is 11.0. The minimum atomic E-state index is -0.623. The first kappa shape index (κ1) is 21.2. The lowest BCUT2D eigenvalue weighted by Crippen LogP contribution is -2.31. The van der Waals surface area contributed by atoms with Gasteiger partial charge in [0.05, 0.1) is 28.7 Å². The summed E-state index contributed by atoms with van der Waals surface area (Å²) in [4.78, 5) is 37.2. The summed E-state index contributed by atoms with van der Waals surface area (Å²) in [5, 5.41) is 5.00. The van der Waals surface area contributed by atoms with Crippen LogP contribution in [0.4, 0.5) is 21.6 Å². The van der Waals surface area contributed by atoms with E-state index in [0.29, 0.717) is 39.3 Å². The van der Waals surface area contributed by atoms with Crippen molar-refractivity contribution in [1.29, 1.82) is 0 Å². The molecule has 5 rings (SSSR count). The van der Waals surface area contributed by atoms with Crippen LogP contribution in [0.2, 0.25) is 0 Å². The van der Waals surface area contributed by atoms with Crippen molar-refractivity contribution in [3.63, 3.8) is 0 Å². The van der Waals surface area contributed by atoms with Crippen LogP contribution in [0.1, 0.15) is 16.2 Å². The Morgan fingerprint density at radius 2 is 1.91 bits per heavy atom. The standard InChI is InChI=1S/C23H18N6O4S/c1-13-12-34-23(25-13)29(21(24)31)14-4-6-15(7-5-14)33-16-8-9-17-18(11-16)27-22(26-17)28-20(30)19-3-2-10-32-19/h2-12H,1H3,(H2,24,31)(H2,26,27,28,30). The number of nitrogens with one attached hydrogen (secondary N) is 2. The maximum atomic E-state index is 12.1. The van der Waals surface area contributed by atoms with E-state index in [2.05, 4.69) is 20.3 Å². The highest BCUT2D eigenvalue weighted by Crippen LogP contribution is 2.31. The number of furan rings is 1. The van der Waals surface area contributed by atoms with Crippen LogP contribution in [0.15, 0.2) is 70.7 Å². The lowest BCUT2D eigenvalue weighted by Gasteiger charge is -2.17. The highest BCUT2D eigenvalue weighted by atomic mass is 32.1. The van der Waals surface area contributed by atoms with Gasteiger partial charge in [-0.05, 0) is 55.5 Å². The van der Waals surface area contributed by atoms with Gasteiger partial charge in [-0.15, -0.1) is 11.3 Å². The summed E-state index contributed by atoms with van der Waals surface area (Å²) in [6.45, 7) is 1.85. The smallest absolute Gasteiger partial charge is 0.325 e. The molecule has 0 atom stereocenters. The molecule has 34 heavy (non-hydrogen) atoms. The number of urea groups is 1. The second-order valence-corrected chi connectivity index (χ2v) is 8.07. The number of rotatable bonds is 6. The highest BCUT2D eigenvalue weighted by Gasteiger charge is 2.18. The molecule has 2 aromatic carbocycles. The maximum Gasteiger partial charge on any atom is 0.325 e. The molecular formula is C23H18N6O4S. The number of carbonyl (C=O) groups excluding carboxylic acids is 2. The number of carbonyl (C=O) groups is 2. The van der Waals surface area contributed by atoms with Crippen molar-refractivity contribution in [3.05, 3.63) is 77.7 Å². The number of aromatic nitrogens is 3. The molecule has 4 N–H and O–H groups in total. The third kappa shape index (κ3) is 4.32. The van der Waals surface area contributed by atoms with Crippen molar-refractivity contribution in [2.24, 2.45) is 5.73 Å². The number of amides is 3. The molecule has 3 amide bonds. The molecule has 0 saturated heterocycles. The fraction of sp³-hybridized carbons (Fsp3) is 0.0435. The largest absolute Gasteiger partial charge is 0.459 e. The Kier molecular flexibility index (Phi) is 5.44. The number of primary amides is 1. The molecule has 5 aromatic rings. The molecule has 170 valence electrons. The van der Waals surface area contributed by atoms with E-state index in [1.54, 1.807) is 54.6 Å². The molecule has 3 heterocycles. The van der Waals surface area contributed by atoms with Crippen molar-refractivity contribution >= 4 is 51.1 Å². The van der Waals surface area contributed by atoms with Crippen LogP contribution in [0.5, 0.6) is 11.5 Å². The summed E-state index contributed by atoms with van der Waals surface area (Å²) in [7, 11) is 0. The normalized spacial score (nSPS) is 10.9. The minimum absolute atomic E-state index is 0.188. The number of hydrogen-bond acceptors (Lipinski definition) is 7. The highest BCUT2D eigenvalue weighted by molar-refractivity contribution is 7.14. The molecule has 10 nitrogen and oxygen atoms in total. The van der Waals surface area contributed by atoms with Gasteiger partial charge in [-0.1, -0.05) is 0 Å². The van der Waals surface area contributed by atoms with Crippen molar-refractivity contribution in [1.82, 2.24) is 15.0 Å². The van der Waals surface area contributed by atoms with Crippen LogP contribution in [0, 0.1) is 6.92 Å². The van der Waals surface area contributed by atoms with Gasteiger partial charge in [-0.25, -0.2) is 19.7 Å². The van der Waals surface area contributed by atoms with Crippen LogP contribution in [-0.4, -0.2) is 26.9 Å². The molecule has 0 unspecified atom stereocenters. The van der Waals surface area contributed by atoms with Crippen molar-refractivity contribution in [3.8, 4) is 11.5 Å². The quantitative estimate of drug-likeness (QED) is 0.310. The molecule has 0 aliphatic rings. The van der Waals surface area contributed by atoms with Crippen molar-refractivity contribution < 1.29 is 18.7 Å². The number of nitrogens with two attached hydrogens (primary N) is 1. The maximum absolute atomic E-state index is 12.1. The zero-order valence-corrected chi connectivity index (χ0v) is 18.6. The topological polar surface area (TPSA) is 139 Å². The average Bonchev–Trinajstić information content (AvgIpc) is 3.56. The molecule has 0 aliphatic heterocycles. The molecule has 11 heteroatoms. The van der Waals surface area contributed by atoms with E-state index in [1.807, 2.05) is 12.3 Å². The number of thiazole rings is 1. The van der Waals surface area contributed by atoms with E-state index >= 15 is 0 Å². The number of benzene rings is 2. The van der Waals surface area contributed by atoms with Gasteiger partial charge in [0.25, 0.3) is 5.91 Å². The Morgan fingerprint density at radius 3 is 2.59 bits per heavy atom. The van der Waals surface area contributed by atoms with Crippen LogP contribution in [0.3, 0.4) is 0 Å². The van der Waals surface area contributed by atoms with Crippen molar-refractivity contribution in [2.45, 2.75) is 6.92 Å². The Balaban J connectivity index is 1.31. The van der Waals surface area contributed by atoms with E-state index in [1.165, 1.54) is 22.5 Å². The number of ether oxygens (including phenoxy) is 1. The monoisotopic (exact) mass is 474 g/mol. The van der Waals surface area contributed by atoms with Gasteiger partial charge in [-0.3, -0.25) is 10.1 Å². The van der Waals surface area contributed by atoms with Crippen LogP contribution >= 0.6 is 11.3 Å². The zero-order chi connectivity index (χ0) is 23.7. The number of H-pyrrole nitrogens is 1. The van der Waals surface area contributed by atoms with Gasteiger partial charge in [0, 0.05) is 11.4 Å². The zero-order valence-electron chi connectivity index (χ0n) is 17.8. The number of anilines is 3. The van der Waals surface area contributed by atoms with E-state index in [-0.39, 0.29) is 5.76 Å². The summed E-state index contributed by atoms with van der Waals surface area (Å²) in [5.41, 5.74) is 8.30. The summed E-state index contributed by atoms with van der Waals surface area (Å²) in [5.74, 6) is 1.21. The van der Waals surface area contributed by atoms with Gasteiger partial charge >= 0.3 is 6.03 Å². The molecule has 0 spiro atoms. The molecule has 0 radical (unpaired) electrons. The Hall–Kier alpha value is -4.64. The molecular weight excluding hydrogens is 456 g/mol. The van der Waals surface area contributed by atoms with Crippen LogP contribution in [0.25, 0.3) is 11.0 Å². The SMILES string of the molecule is Cc1csc(N(C(N)=O)c2ccc(Oc3ccc4nc(NC(=O)c5ccco5)[nH]c4c3)cc2)n1. The van der Waals surface area contributed by atoms with E-state index in [0.717, 1.165) is 5.69 Å². The van der Waals surface area contributed by atoms with Gasteiger partial charge in [0.15, 0.2) is 10.9 Å². The number of imidazole rings is 1.